The summed E-state index contributed by atoms with van der Waals surface area (Å²) in [5.41, 5.74) is 1.31. The maximum atomic E-state index is 14.1. The lowest BCUT2D eigenvalue weighted by Crippen LogP contribution is -2.20. The molecule has 0 aliphatic heterocycles. The molecule has 0 aliphatic rings. The Bertz CT molecular complexity index is 1280. The van der Waals surface area contributed by atoms with Crippen molar-refractivity contribution < 1.29 is 18.4 Å². The zero-order valence-corrected chi connectivity index (χ0v) is 15.3. The maximum absolute atomic E-state index is 14.1. The smallest absolute Gasteiger partial charge is 0.308 e. The van der Waals surface area contributed by atoms with Crippen LogP contribution in [0.2, 0.25) is 0 Å². The minimum atomic E-state index is -0.720. The molecule has 2 heterocycles. The fourth-order valence-electron chi connectivity index (χ4n) is 2.79. The molecule has 4 aromatic rings. The summed E-state index contributed by atoms with van der Waals surface area (Å²) in [6.45, 7) is 0. The number of hydrogen-bond acceptors (Lipinski definition) is 5. The number of benzene rings is 2. The van der Waals surface area contributed by atoms with Crippen molar-refractivity contribution in [3.8, 4) is 0 Å². The summed E-state index contributed by atoms with van der Waals surface area (Å²) in [4.78, 5) is 37.1. The van der Waals surface area contributed by atoms with Crippen LogP contribution in [0.4, 0.5) is 25.0 Å². The summed E-state index contributed by atoms with van der Waals surface area (Å²) in [5.74, 6) is -1.78. The summed E-state index contributed by atoms with van der Waals surface area (Å²) >= 11 is 0. The number of amides is 2. The Hall–Kier alpha value is -4.27. The topological polar surface area (TPSA) is 96.9 Å². The van der Waals surface area contributed by atoms with E-state index in [1.165, 1.54) is 48.9 Å². The van der Waals surface area contributed by atoms with Crippen LogP contribution >= 0.6 is 0 Å². The molecule has 9 heteroatoms. The predicted octanol–water partition coefficient (Wildman–Crippen LogP) is 4.18. The van der Waals surface area contributed by atoms with Gasteiger partial charge < -0.3 is 10.6 Å². The van der Waals surface area contributed by atoms with Crippen molar-refractivity contribution in [1.29, 1.82) is 0 Å². The molecule has 2 N–H and O–H groups in total. The Morgan fingerprint density at radius 3 is 2.30 bits per heavy atom. The lowest BCUT2D eigenvalue weighted by Gasteiger charge is -2.09. The second-order valence-electron chi connectivity index (χ2n) is 6.26. The maximum Gasteiger partial charge on any atom is 0.323 e. The van der Waals surface area contributed by atoms with Crippen molar-refractivity contribution in [3.05, 3.63) is 90.0 Å². The van der Waals surface area contributed by atoms with Crippen LogP contribution in [0.5, 0.6) is 0 Å². The van der Waals surface area contributed by atoms with Gasteiger partial charge in [0.25, 0.3) is 0 Å². The summed E-state index contributed by atoms with van der Waals surface area (Å²) in [7, 11) is 0. The standard InChI is InChI=1S/C21H13F2N5O2/c22-13-2-1-3-15(8-13)27-21(30)28-16-7-12(6-14(23)9-16)20(29)18-10-17-19(11-26-18)25-5-4-24-17/h1-11H,(H2,27,28,30). The highest BCUT2D eigenvalue weighted by molar-refractivity contribution is 6.10. The van der Waals surface area contributed by atoms with Gasteiger partial charge in [-0.15, -0.1) is 0 Å². The summed E-state index contributed by atoms with van der Waals surface area (Å²) in [6.07, 6.45) is 4.39. The van der Waals surface area contributed by atoms with Crippen molar-refractivity contribution in [3.63, 3.8) is 0 Å². The Balaban J connectivity index is 1.56. The van der Waals surface area contributed by atoms with E-state index in [1.54, 1.807) is 0 Å². The number of rotatable bonds is 4. The molecule has 0 atom stereocenters. The largest absolute Gasteiger partial charge is 0.323 e. The van der Waals surface area contributed by atoms with Gasteiger partial charge in [-0.3, -0.25) is 19.7 Å². The monoisotopic (exact) mass is 405 g/mol. The molecule has 148 valence electrons. The Kier molecular flexibility index (Phi) is 5.08. The highest BCUT2D eigenvalue weighted by atomic mass is 19.1. The minimum Gasteiger partial charge on any atom is -0.308 e. The van der Waals surface area contributed by atoms with Crippen LogP contribution in [0.15, 0.2) is 67.1 Å². The van der Waals surface area contributed by atoms with Crippen LogP contribution < -0.4 is 10.6 Å². The number of carbonyl (C=O) groups excluding carboxylic acids is 2. The van der Waals surface area contributed by atoms with E-state index < -0.39 is 23.4 Å². The Labute approximate surface area is 168 Å². The first-order chi connectivity index (χ1) is 14.5. The number of ketones is 1. The van der Waals surface area contributed by atoms with Gasteiger partial charge in [0.15, 0.2) is 0 Å². The summed E-state index contributed by atoms with van der Waals surface area (Å²) < 4.78 is 27.3. The first kappa shape index (κ1) is 19.1. The van der Waals surface area contributed by atoms with Gasteiger partial charge in [0.2, 0.25) is 5.78 Å². The average molecular weight is 405 g/mol. The molecule has 0 unspecified atom stereocenters. The molecule has 0 fully saturated rings. The third-order valence-electron chi connectivity index (χ3n) is 4.09. The molecular formula is C21H13F2N5O2. The van der Waals surface area contributed by atoms with Gasteiger partial charge in [-0.1, -0.05) is 6.07 Å². The van der Waals surface area contributed by atoms with E-state index in [2.05, 4.69) is 25.6 Å². The van der Waals surface area contributed by atoms with Crippen molar-refractivity contribution >= 4 is 34.2 Å². The van der Waals surface area contributed by atoms with Gasteiger partial charge in [-0.05, 0) is 42.5 Å². The molecule has 2 amide bonds. The van der Waals surface area contributed by atoms with E-state index in [0.29, 0.717) is 11.0 Å². The third-order valence-corrected chi connectivity index (χ3v) is 4.09. The van der Waals surface area contributed by atoms with E-state index in [9.17, 15) is 18.4 Å². The molecule has 7 nitrogen and oxygen atoms in total. The molecule has 0 spiro atoms. The number of hydrogen-bond donors (Lipinski definition) is 2. The van der Waals surface area contributed by atoms with Crippen molar-refractivity contribution in [1.82, 2.24) is 15.0 Å². The molecule has 4 rings (SSSR count). The highest BCUT2D eigenvalue weighted by Gasteiger charge is 2.15. The molecule has 2 aromatic heterocycles. The quantitative estimate of drug-likeness (QED) is 0.497. The van der Waals surface area contributed by atoms with Gasteiger partial charge >= 0.3 is 6.03 Å². The number of urea groups is 1. The van der Waals surface area contributed by atoms with Gasteiger partial charge in [0.1, 0.15) is 22.8 Å². The van der Waals surface area contributed by atoms with E-state index >= 15 is 0 Å². The molecule has 0 aliphatic carbocycles. The minimum absolute atomic E-state index is 0.00760. The normalized spacial score (nSPS) is 10.6. The lowest BCUT2D eigenvalue weighted by molar-refractivity contribution is 0.103. The number of nitrogens with zero attached hydrogens (tertiary/aromatic N) is 3. The van der Waals surface area contributed by atoms with Crippen LogP contribution in [0.1, 0.15) is 16.1 Å². The van der Waals surface area contributed by atoms with Crippen molar-refractivity contribution in [2.24, 2.45) is 0 Å². The van der Waals surface area contributed by atoms with Gasteiger partial charge in [0, 0.05) is 29.3 Å². The SMILES string of the molecule is O=C(Nc1cccc(F)c1)Nc1cc(F)cc(C(=O)c2cc3nccnc3cn2)c1. The fourth-order valence-corrected chi connectivity index (χ4v) is 2.79. The van der Waals surface area contributed by atoms with E-state index in [1.807, 2.05) is 0 Å². The fraction of sp³-hybridized carbons (Fsp3) is 0. The second-order valence-corrected chi connectivity index (χ2v) is 6.26. The van der Waals surface area contributed by atoms with Crippen LogP contribution in [-0.4, -0.2) is 26.8 Å². The summed E-state index contributed by atoms with van der Waals surface area (Å²) in [6, 6.07) is 9.46. The second kappa shape index (κ2) is 8.00. The molecule has 0 bridgehead atoms. The van der Waals surface area contributed by atoms with E-state index in [-0.39, 0.29) is 22.6 Å². The third kappa shape index (κ3) is 4.25. The first-order valence-corrected chi connectivity index (χ1v) is 8.73. The van der Waals surface area contributed by atoms with Crippen LogP contribution in [0.25, 0.3) is 11.0 Å². The number of aromatic nitrogens is 3. The van der Waals surface area contributed by atoms with Crippen LogP contribution in [-0.2, 0) is 0 Å². The van der Waals surface area contributed by atoms with E-state index in [4.69, 9.17) is 0 Å². The van der Waals surface area contributed by atoms with Crippen molar-refractivity contribution in [2.75, 3.05) is 10.6 Å². The number of fused-ring (bicyclic) bond motifs is 1. The average Bonchev–Trinajstić information content (AvgIpc) is 2.72. The number of nitrogens with one attached hydrogen (secondary N) is 2. The Morgan fingerprint density at radius 2 is 1.50 bits per heavy atom. The highest BCUT2D eigenvalue weighted by Crippen LogP contribution is 2.19. The van der Waals surface area contributed by atoms with E-state index in [0.717, 1.165) is 18.2 Å². The summed E-state index contributed by atoms with van der Waals surface area (Å²) in [5, 5.41) is 4.85. The number of anilines is 2. The predicted molar refractivity (Wildman–Crippen MR) is 106 cm³/mol. The number of carbonyl (C=O) groups is 2. The van der Waals surface area contributed by atoms with Gasteiger partial charge in [-0.25, -0.2) is 13.6 Å². The number of pyridine rings is 1. The van der Waals surface area contributed by atoms with Crippen molar-refractivity contribution in [2.45, 2.75) is 0 Å². The first-order valence-electron chi connectivity index (χ1n) is 8.73. The zero-order chi connectivity index (χ0) is 21.1. The lowest BCUT2D eigenvalue weighted by atomic mass is 10.1. The van der Waals surface area contributed by atoms with Crippen LogP contribution in [0.3, 0.4) is 0 Å². The molecule has 2 aromatic carbocycles. The van der Waals surface area contributed by atoms with Gasteiger partial charge in [0.05, 0.1) is 11.7 Å². The number of halogens is 2. The zero-order valence-electron chi connectivity index (χ0n) is 15.3. The Morgan fingerprint density at radius 1 is 0.767 bits per heavy atom. The van der Waals surface area contributed by atoms with Gasteiger partial charge in [-0.2, -0.15) is 0 Å². The molecule has 0 radical (unpaired) electrons. The molecule has 30 heavy (non-hydrogen) atoms. The molecular weight excluding hydrogens is 392 g/mol. The molecule has 0 saturated carbocycles. The molecule has 0 saturated heterocycles. The van der Waals surface area contributed by atoms with Crippen LogP contribution in [0, 0.1) is 11.6 Å².